The Balaban J connectivity index is 2.30. The Morgan fingerprint density at radius 3 is 2.37 bits per heavy atom. The molecule has 2 N–H and O–H groups in total. The zero-order valence-electron chi connectivity index (χ0n) is 11.6. The summed E-state index contributed by atoms with van der Waals surface area (Å²) in [4.78, 5) is 12.2. The van der Waals surface area contributed by atoms with Gasteiger partial charge in [0.05, 0.1) is 0 Å². The first-order valence-electron chi connectivity index (χ1n) is 6.59. The van der Waals surface area contributed by atoms with Gasteiger partial charge in [0.2, 0.25) is 0 Å². The molecule has 1 aromatic heterocycles. The lowest BCUT2D eigenvalue weighted by Gasteiger charge is -2.13. The van der Waals surface area contributed by atoms with E-state index in [0.29, 0.717) is 5.69 Å². The maximum absolute atomic E-state index is 12.2. The van der Waals surface area contributed by atoms with E-state index in [0.717, 1.165) is 35.3 Å². The number of anilines is 1. The highest BCUT2D eigenvalue weighted by Crippen LogP contribution is 2.23. The third-order valence-corrected chi connectivity index (χ3v) is 3.18. The topological polar surface area (TPSA) is 57.8 Å². The smallest absolute Gasteiger partial charge is 0.276 e. The number of amides is 1. The van der Waals surface area contributed by atoms with Crippen LogP contribution in [0.1, 0.15) is 41.2 Å². The number of nitrogens with zero attached hydrogens (tertiary/aromatic N) is 1. The van der Waals surface area contributed by atoms with E-state index in [9.17, 15) is 4.79 Å². The molecule has 2 rings (SSSR count). The summed E-state index contributed by atoms with van der Waals surface area (Å²) < 4.78 is 0. The molecule has 0 spiro atoms. The van der Waals surface area contributed by atoms with E-state index >= 15 is 0 Å². The lowest BCUT2D eigenvalue weighted by atomic mass is 10.0. The molecule has 0 aliphatic heterocycles. The van der Waals surface area contributed by atoms with Gasteiger partial charge in [0.15, 0.2) is 5.69 Å². The van der Waals surface area contributed by atoms with Crippen molar-refractivity contribution in [3.8, 4) is 0 Å². The third-order valence-electron chi connectivity index (χ3n) is 3.18. The van der Waals surface area contributed by atoms with Crippen molar-refractivity contribution >= 4 is 11.6 Å². The Hall–Kier alpha value is -2.10. The van der Waals surface area contributed by atoms with Crippen LogP contribution >= 0.6 is 0 Å². The van der Waals surface area contributed by atoms with E-state index in [1.807, 2.05) is 25.1 Å². The number of hydrogen-bond acceptors (Lipinski definition) is 2. The highest BCUT2D eigenvalue weighted by molar-refractivity contribution is 6.03. The Bertz CT molecular complexity index is 565. The minimum Gasteiger partial charge on any atom is -0.320 e. The van der Waals surface area contributed by atoms with Crippen molar-refractivity contribution < 1.29 is 4.79 Å². The van der Waals surface area contributed by atoms with Gasteiger partial charge in [-0.15, -0.1) is 0 Å². The van der Waals surface area contributed by atoms with E-state index in [2.05, 4.69) is 29.4 Å². The zero-order valence-corrected chi connectivity index (χ0v) is 11.6. The molecule has 0 atom stereocenters. The van der Waals surface area contributed by atoms with Crippen molar-refractivity contribution in [2.45, 2.75) is 33.6 Å². The quantitative estimate of drug-likeness (QED) is 0.884. The summed E-state index contributed by atoms with van der Waals surface area (Å²) in [5.74, 6) is -0.167. The highest BCUT2D eigenvalue weighted by atomic mass is 16.1. The number of nitrogens with one attached hydrogen (secondary N) is 2. The number of H-pyrrole nitrogens is 1. The van der Waals surface area contributed by atoms with Gasteiger partial charge in [-0.25, -0.2) is 0 Å². The predicted octanol–water partition coefficient (Wildman–Crippen LogP) is 3.10. The molecule has 100 valence electrons. The summed E-state index contributed by atoms with van der Waals surface area (Å²) in [7, 11) is 0. The number of hydrogen-bond donors (Lipinski definition) is 2. The number of benzene rings is 1. The number of aryl methyl sites for hydroxylation is 3. The molecule has 0 saturated carbocycles. The second-order valence-electron chi connectivity index (χ2n) is 4.55. The second kappa shape index (κ2) is 5.69. The minimum atomic E-state index is -0.167. The summed E-state index contributed by atoms with van der Waals surface area (Å²) in [6, 6.07) is 7.87. The number of carbonyl (C=O) groups is 1. The van der Waals surface area contributed by atoms with Crippen LogP contribution in [0.2, 0.25) is 0 Å². The fourth-order valence-corrected chi connectivity index (χ4v) is 2.12. The van der Waals surface area contributed by atoms with Gasteiger partial charge in [0, 0.05) is 11.4 Å². The van der Waals surface area contributed by atoms with Crippen molar-refractivity contribution in [1.29, 1.82) is 0 Å². The number of rotatable bonds is 4. The van der Waals surface area contributed by atoms with Gasteiger partial charge in [-0.1, -0.05) is 32.0 Å². The van der Waals surface area contributed by atoms with Gasteiger partial charge in [0.25, 0.3) is 5.91 Å². The minimum absolute atomic E-state index is 0.167. The maximum Gasteiger partial charge on any atom is 0.276 e. The van der Waals surface area contributed by atoms with Gasteiger partial charge in [0.1, 0.15) is 0 Å². The Morgan fingerprint density at radius 1 is 1.26 bits per heavy atom. The molecule has 0 saturated heterocycles. The first-order chi connectivity index (χ1) is 9.15. The predicted molar refractivity (Wildman–Crippen MR) is 76.5 cm³/mol. The largest absolute Gasteiger partial charge is 0.320 e. The SMILES string of the molecule is CCc1cccc(CC)c1NC(=O)c1cc(C)[nH]n1. The molecule has 4 nitrogen and oxygen atoms in total. The number of aromatic nitrogens is 2. The van der Waals surface area contributed by atoms with Crippen molar-refractivity contribution in [2.24, 2.45) is 0 Å². The lowest BCUT2D eigenvalue weighted by molar-refractivity contribution is 0.102. The first kappa shape index (κ1) is 13.3. The van der Waals surface area contributed by atoms with E-state index in [1.54, 1.807) is 6.07 Å². The Labute approximate surface area is 113 Å². The summed E-state index contributed by atoms with van der Waals surface area (Å²) in [6.07, 6.45) is 1.78. The number of carbonyl (C=O) groups excluding carboxylic acids is 1. The molecule has 1 aromatic carbocycles. The lowest BCUT2D eigenvalue weighted by Crippen LogP contribution is -2.15. The van der Waals surface area contributed by atoms with Crippen LogP contribution in [-0.2, 0) is 12.8 Å². The van der Waals surface area contributed by atoms with Crippen LogP contribution in [0.4, 0.5) is 5.69 Å². The van der Waals surface area contributed by atoms with E-state index in [-0.39, 0.29) is 5.91 Å². The maximum atomic E-state index is 12.2. The molecule has 0 aliphatic rings. The van der Waals surface area contributed by atoms with Crippen LogP contribution in [0.15, 0.2) is 24.3 Å². The Morgan fingerprint density at radius 2 is 1.89 bits per heavy atom. The van der Waals surface area contributed by atoms with Gasteiger partial charge in [-0.2, -0.15) is 5.10 Å². The molecule has 1 amide bonds. The van der Waals surface area contributed by atoms with Crippen LogP contribution < -0.4 is 5.32 Å². The molecule has 4 heteroatoms. The third kappa shape index (κ3) is 2.84. The first-order valence-corrected chi connectivity index (χ1v) is 6.59. The van der Waals surface area contributed by atoms with E-state index < -0.39 is 0 Å². The molecule has 0 fully saturated rings. The van der Waals surface area contributed by atoms with Gasteiger partial charge >= 0.3 is 0 Å². The molecule has 19 heavy (non-hydrogen) atoms. The average Bonchev–Trinajstić information content (AvgIpc) is 2.85. The molecule has 1 heterocycles. The molecule has 2 aromatic rings. The highest BCUT2D eigenvalue weighted by Gasteiger charge is 2.13. The summed E-state index contributed by atoms with van der Waals surface area (Å²) in [6.45, 7) is 6.05. The van der Waals surface area contributed by atoms with E-state index in [1.165, 1.54) is 0 Å². The molecule has 0 unspecified atom stereocenters. The molecular weight excluding hydrogens is 238 g/mol. The van der Waals surface area contributed by atoms with Crippen molar-refractivity contribution in [2.75, 3.05) is 5.32 Å². The van der Waals surface area contributed by atoms with Crippen molar-refractivity contribution in [1.82, 2.24) is 10.2 Å². The standard InChI is InChI=1S/C15H19N3O/c1-4-11-7-6-8-12(5-2)14(11)16-15(19)13-9-10(3)17-18-13/h6-9H,4-5H2,1-3H3,(H,16,19)(H,17,18). The van der Waals surface area contributed by atoms with Gasteiger partial charge < -0.3 is 5.32 Å². The van der Waals surface area contributed by atoms with Gasteiger partial charge in [-0.3, -0.25) is 9.89 Å². The number of para-hydroxylation sites is 1. The summed E-state index contributed by atoms with van der Waals surface area (Å²) in [5.41, 5.74) is 4.54. The zero-order chi connectivity index (χ0) is 13.8. The molecule has 0 radical (unpaired) electrons. The monoisotopic (exact) mass is 257 g/mol. The molecule has 0 aliphatic carbocycles. The molecular formula is C15H19N3O. The normalized spacial score (nSPS) is 10.5. The second-order valence-corrected chi connectivity index (χ2v) is 4.55. The Kier molecular flexibility index (Phi) is 4.00. The molecule has 0 bridgehead atoms. The van der Waals surface area contributed by atoms with Gasteiger partial charge in [-0.05, 0) is 37.0 Å². The number of aromatic amines is 1. The van der Waals surface area contributed by atoms with Crippen LogP contribution in [0.3, 0.4) is 0 Å². The summed E-state index contributed by atoms with van der Waals surface area (Å²) in [5, 5.41) is 9.76. The fraction of sp³-hybridized carbons (Fsp3) is 0.333. The van der Waals surface area contributed by atoms with Crippen LogP contribution in [0, 0.1) is 6.92 Å². The van der Waals surface area contributed by atoms with Crippen molar-refractivity contribution in [3.63, 3.8) is 0 Å². The van der Waals surface area contributed by atoms with Crippen molar-refractivity contribution in [3.05, 3.63) is 46.8 Å². The average molecular weight is 257 g/mol. The fourth-order valence-electron chi connectivity index (χ4n) is 2.12. The van der Waals surface area contributed by atoms with Crippen LogP contribution in [0.25, 0.3) is 0 Å². The van der Waals surface area contributed by atoms with E-state index in [4.69, 9.17) is 0 Å². The van der Waals surface area contributed by atoms with Crippen LogP contribution in [0.5, 0.6) is 0 Å². The summed E-state index contributed by atoms with van der Waals surface area (Å²) >= 11 is 0. The van der Waals surface area contributed by atoms with Crippen LogP contribution in [-0.4, -0.2) is 16.1 Å².